The zero-order chi connectivity index (χ0) is 23.1. The maximum Gasteiger partial charge on any atom is 0.231 e. The summed E-state index contributed by atoms with van der Waals surface area (Å²) in [5.41, 5.74) is 2.23. The van der Waals surface area contributed by atoms with Crippen molar-refractivity contribution in [2.24, 2.45) is 0 Å². The van der Waals surface area contributed by atoms with E-state index >= 15 is 0 Å². The second-order valence-electron chi connectivity index (χ2n) is 8.91. The number of pyridine rings is 1. The largest absolute Gasteiger partial charge is 0.474 e. The van der Waals surface area contributed by atoms with Gasteiger partial charge in [0, 0.05) is 37.8 Å². The average molecular weight is 462 g/mol. The predicted molar refractivity (Wildman–Crippen MR) is 127 cm³/mol. The lowest BCUT2D eigenvalue weighted by atomic mass is 10.1. The SMILES string of the molecule is CNC1CCN(c2nccc3oc(-c4cnc5ccc(OCC6CCC(=O)N6)nn45)cc23)CC1. The molecule has 0 spiro atoms. The number of aromatic nitrogens is 4. The molecule has 2 aliphatic rings. The number of ether oxygens (including phenoxy) is 1. The third kappa shape index (κ3) is 3.83. The molecule has 0 radical (unpaired) electrons. The zero-order valence-corrected chi connectivity index (χ0v) is 19.0. The molecule has 2 N–H and O–H groups in total. The molecule has 6 heterocycles. The van der Waals surface area contributed by atoms with Gasteiger partial charge < -0.3 is 24.7 Å². The number of amides is 1. The van der Waals surface area contributed by atoms with Gasteiger partial charge in [0.25, 0.3) is 0 Å². The van der Waals surface area contributed by atoms with Crippen LogP contribution in [0.1, 0.15) is 25.7 Å². The molecule has 10 heteroatoms. The molecule has 1 unspecified atom stereocenters. The second kappa shape index (κ2) is 8.60. The van der Waals surface area contributed by atoms with E-state index in [-0.39, 0.29) is 11.9 Å². The number of imidazole rings is 1. The number of nitrogens with zero attached hydrogens (tertiary/aromatic N) is 5. The van der Waals surface area contributed by atoms with Crippen LogP contribution in [0, 0.1) is 0 Å². The smallest absolute Gasteiger partial charge is 0.231 e. The highest BCUT2D eigenvalue weighted by atomic mass is 16.5. The molecule has 6 rings (SSSR count). The monoisotopic (exact) mass is 461 g/mol. The highest BCUT2D eigenvalue weighted by Gasteiger charge is 2.23. The van der Waals surface area contributed by atoms with Gasteiger partial charge in [-0.1, -0.05) is 0 Å². The number of anilines is 1. The Labute approximate surface area is 196 Å². The lowest BCUT2D eigenvalue weighted by Crippen LogP contribution is -2.41. The van der Waals surface area contributed by atoms with Crippen molar-refractivity contribution >= 4 is 28.3 Å². The van der Waals surface area contributed by atoms with E-state index in [1.165, 1.54) is 0 Å². The Hall–Kier alpha value is -3.66. The van der Waals surface area contributed by atoms with Gasteiger partial charge in [-0.3, -0.25) is 4.79 Å². The van der Waals surface area contributed by atoms with Crippen LogP contribution in [0.4, 0.5) is 5.82 Å². The first kappa shape index (κ1) is 20.9. The number of rotatable bonds is 6. The van der Waals surface area contributed by atoms with Gasteiger partial charge in [-0.05, 0) is 44.5 Å². The van der Waals surface area contributed by atoms with Crippen molar-refractivity contribution in [3.8, 4) is 17.3 Å². The first-order valence-corrected chi connectivity index (χ1v) is 11.8. The van der Waals surface area contributed by atoms with Crippen LogP contribution in [-0.2, 0) is 4.79 Å². The molecule has 0 bridgehead atoms. The van der Waals surface area contributed by atoms with Crippen LogP contribution >= 0.6 is 0 Å². The van der Waals surface area contributed by atoms with Gasteiger partial charge in [-0.25, -0.2) is 14.5 Å². The molecule has 1 atom stereocenters. The fourth-order valence-corrected chi connectivity index (χ4v) is 4.80. The number of hydrogen-bond donors (Lipinski definition) is 2. The molecule has 176 valence electrons. The molecule has 0 aliphatic carbocycles. The third-order valence-corrected chi connectivity index (χ3v) is 6.73. The Balaban J connectivity index is 1.28. The summed E-state index contributed by atoms with van der Waals surface area (Å²) in [5, 5.41) is 11.9. The minimum atomic E-state index is 0.0201. The van der Waals surface area contributed by atoms with Crippen LogP contribution in [0.25, 0.3) is 28.1 Å². The molecule has 2 aliphatic heterocycles. The number of fused-ring (bicyclic) bond motifs is 2. The Kier molecular flexibility index (Phi) is 5.29. The van der Waals surface area contributed by atoms with E-state index < -0.39 is 0 Å². The summed E-state index contributed by atoms with van der Waals surface area (Å²) in [6.07, 6.45) is 7.05. The summed E-state index contributed by atoms with van der Waals surface area (Å²) in [5.74, 6) is 2.17. The van der Waals surface area contributed by atoms with E-state index in [4.69, 9.17) is 9.15 Å². The van der Waals surface area contributed by atoms with E-state index in [0.717, 1.165) is 54.8 Å². The zero-order valence-electron chi connectivity index (χ0n) is 19.0. The first-order valence-electron chi connectivity index (χ1n) is 11.8. The van der Waals surface area contributed by atoms with Crippen LogP contribution in [0.3, 0.4) is 0 Å². The lowest BCUT2D eigenvalue weighted by Gasteiger charge is -2.32. The van der Waals surface area contributed by atoms with Gasteiger partial charge in [0.05, 0.1) is 17.6 Å². The standard InChI is InChI=1S/C24H27N7O3/c1-25-15-7-10-30(11-8-15)24-17-12-20(34-19(17)6-9-26-24)18-13-27-21-3-5-23(29-31(18)21)33-14-16-2-4-22(32)28-16/h3,5-6,9,12-13,15-16,25H,2,4,7-8,10-11,14H2,1H3,(H,28,32). The molecule has 4 aromatic rings. The number of carbonyl (C=O) groups excluding carboxylic acids is 1. The van der Waals surface area contributed by atoms with Crippen molar-refractivity contribution in [1.82, 2.24) is 30.2 Å². The van der Waals surface area contributed by atoms with Crippen LogP contribution < -0.4 is 20.3 Å². The Morgan fingerprint density at radius 2 is 2.09 bits per heavy atom. The number of nitrogens with one attached hydrogen (secondary N) is 2. The van der Waals surface area contributed by atoms with Gasteiger partial charge in [0.1, 0.15) is 23.7 Å². The van der Waals surface area contributed by atoms with Crippen LogP contribution in [-0.4, -0.2) is 64.3 Å². The van der Waals surface area contributed by atoms with E-state index in [0.29, 0.717) is 36.4 Å². The molecule has 1 amide bonds. The Morgan fingerprint density at radius 1 is 1.21 bits per heavy atom. The van der Waals surface area contributed by atoms with E-state index in [1.54, 1.807) is 23.0 Å². The van der Waals surface area contributed by atoms with Crippen molar-refractivity contribution in [2.45, 2.75) is 37.8 Å². The third-order valence-electron chi connectivity index (χ3n) is 6.73. The summed E-state index contributed by atoms with van der Waals surface area (Å²) < 4.78 is 13.8. The maximum absolute atomic E-state index is 11.4. The van der Waals surface area contributed by atoms with Crippen molar-refractivity contribution < 1.29 is 13.9 Å². The van der Waals surface area contributed by atoms with Crippen molar-refractivity contribution in [3.63, 3.8) is 0 Å². The number of hydrogen-bond acceptors (Lipinski definition) is 8. The molecule has 4 aromatic heterocycles. The van der Waals surface area contributed by atoms with Crippen molar-refractivity contribution in [3.05, 3.63) is 36.7 Å². The van der Waals surface area contributed by atoms with Gasteiger partial charge in [0.2, 0.25) is 11.8 Å². The first-order chi connectivity index (χ1) is 16.7. The number of carbonyl (C=O) groups is 1. The van der Waals surface area contributed by atoms with Crippen LogP contribution in [0.2, 0.25) is 0 Å². The molecular formula is C24H27N7O3. The van der Waals surface area contributed by atoms with Crippen LogP contribution in [0.5, 0.6) is 5.88 Å². The minimum Gasteiger partial charge on any atom is -0.474 e. The van der Waals surface area contributed by atoms with Gasteiger partial charge in [-0.2, -0.15) is 0 Å². The summed E-state index contributed by atoms with van der Waals surface area (Å²) in [6.45, 7) is 2.30. The van der Waals surface area contributed by atoms with Crippen molar-refractivity contribution in [2.75, 3.05) is 31.6 Å². The van der Waals surface area contributed by atoms with Gasteiger partial charge in [0.15, 0.2) is 11.4 Å². The summed E-state index contributed by atoms with van der Waals surface area (Å²) in [4.78, 5) is 22.9. The average Bonchev–Trinajstić information content (AvgIpc) is 3.60. The lowest BCUT2D eigenvalue weighted by molar-refractivity contribution is -0.119. The fourth-order valence-electron chi connectivity index (χ4n) is 4.80. The Morgan fingerprint density at radius 3 is 2.88 bits per heavy atom. The molecule has 2 fully saturated rings. The number of furan rings is 1. The van der Waals surface area contributed by atoms with Gasteiger partial charge >= 0.3 is 0 Å². The summed E-state index contributed by atoms with van der Waals surface area (Å²) >= 11 is 0. The highest BCUT2D eigenvalue weighted by molar-refractivity contribution is 5.92. The van der Waals surface area contributed by atoms with Crippen LogP contribution in [0.15, 0.2) is 41.1 Å². The molecule has 34 heavy (non-hydrogen) atoms. The molecular weight excluding hydrogens is 434 g/mol. The maximum atomic E-state index is 11.4. The molecule has 10 nitrogen and oxygen atoms in total. The Bertz CT molecular complexity index is 1340. The van der Waals surface area contributed by atoms with E-state index in [1.807, 2.05) is 25.2 Å². The molecule has 0 saturated carbocycles. The van der Waals surface area contributed by atoms with E-state index in [9.17, 15) is 4.79 Å². The predicted octanol–water partition coefficient (Wildman–Crippen LogP) is 2.38. The van der Waals surface area contributed by atoms with Gasteiger partial charge in [-0.15, -0.1) is 5.10 Å². The molecule has 0 aromatic carbocycles. The second-order valence-corrected chi connectivity index (χ2v) is 8.91. The summed E-state index contributed by atoms with van der Waals surface area (Å²) in [6, 6.07) is 8.14. The fraction of sp³-hybridized carbons (Fsp3) is 0.417. The minimum absolute atomic E-state index is 0.0201. The summed E-state index contributed by atoms with van der Waals surface area (Å²) in [7, 11) is 2.02. The van der Waals surface area contributed by atoms with E-state index in [2.05, 4.69) is 30.6 Å². The highest BCUT2D eigenvalue weighted by Crippen LogP contribution is 2.34. The topological polar surface area (TPSA) is 110 Å². The number of piperidine rings is 1. The normalized spacial score (nSPS) is 19.3. The quantitative estimate of drug-likeness (QED) is 0.450. The van der Waals surface area contributed by atoms with Crippen molar-refractivity contribution in [1.29, 1.82) is 0 Å². The molecule has 2 saturated heterocycles.